The maximum absolute atomic E-state index is 13.6. The highest BCUT2D eigenvalue weighted by molar-refractivity contribution is 5.77. The Kier molecular flexibility index (Phi) is 4.89. The number of halogens is 1. The van der Waals surface area contributed by atoms with Gasteiger partial charge >= 0.3 is 0 Å². The lowest BCUT2D eigenvalue weighted by atomic mass is 9.86. The van der Waals surface area contributed by atoms with Crippen molar-refractivity contribution in [3.05, 3.63) is 41.7 Å². The lowest BCUT2D eigenvalue weighted by Gasteiger charge is -2.25. The van der Waals surface area contributed by atoms with Crippen LogP contribution in [0.15, 0.2) is 24.3 Å². The monoisotopic (exact) mass is 331 g/mol. The van der Waals surface area contributed by atoms with Crippen LogP contribution in [0.1, 0.15) is 43.3 Å². The molecule has 0 spiro atoms. The summed E-state index contributed by atoms with van der Waals surface area (Å²) in [6.45, 7) is 0. The number of carbonyl (C=O) groups is 1. The largest absolute Gasteiger partial charge is 0.359 e. The Bertz CT molecular complexity index is 722. The molecule has 0 aliphatic heterocycles. The second-order valence-electron chi connectivity index (χ2n) is 6.24. The van der Waals surface area contributed by atoms with Crippen LogP contribution in [0.4, 0.5) is 4.39 Å². The first-order chi connectivity index (χ1) is 11.6. The third-order valence-corrected chi connectivity index (χ3v) is 4.46. The molecule has 2 aromatic rings. The second-order valence-corrected chi connectivity index (χ2v) is 6.24. The number of amides is 1. The van der Waals surface area contributed by atoms with E-state index in [1.54, 1.807) is 23.9 Å². The van der Waals surface area contributed by atoms with Gasteiger partial charge in [0.1, 0.15) is 11.6 Å². The van der Waals surface area contributed by atoms with Gasteiger partial charge in [0.15, 0.2) is 5.82 Å². The molecule has 1 fully saturated rings. The van der Waals surface area contributed by atoms with Crippen molar-refractivity contribution in [1.82, 2.24) is 20.1 Å². The summed E-state index contributed by atoms with van der Waals surface area (Å²) in [5.41, 5.74) is 6.61. The smallest absolute Gasteiger partial charge is 0.227 e. The third-order valence-electron chi connectivity index (χ3n) is 4.46. The second kappa shape index (κ2) is 7.09. The summed E-state index contributed by atoms with van der Waals surface area (Å²) in [5.74, 6) is 0.977. The quantitative estimate of drug-likeness (QED) is 0.892. The van der Waals surface area contributed by atoms with E-state index in [4.69, 9.17) is 5.73 Å². The number of likely N-dealkylation sites (N-methyl/N-ethyl adjacent to an activating group) is 1. The van der Waals surface area contributed by atoms with Crippen molar-refractivity contribution in [3.63, 3.8) is 0 Å². The number of hydrogen-bond donors (Lipinski definition) is 2. The standard InChI is InChI=1S/C17H22FN5O/c1-20-16(24)10-15-21-17(11-5-7-13(19)8-6-11)23(22-15)14-4-2-3-12(18)9-14/h2-4,9,11,13H,5-8,10,19H2,1H3,(H,20,24). The molecule has 128 valence electrons. The number of hydrogen-bond acceptors (Lipinski definition) is 4. The fourth-order valence-electron chi connectivity index (χ4n) is 3.11. The molecular weight excluding hydrogens is 309 g/mol. The maximum atomic E-state index is 13.6. The molecule has 0 bridgehead atoms. The normalized spacial score (nSPS) is 20.8. The summed E-state index contributed by atoms with van der Waals surface area (Å²) in [7, 11) is 1.58. The molecule has 1 aromatic carbocycles. The summed E-state index contributed by atoms with van der Waals surface area (Å²) < 4.78 is 15.3. The van der Waals surface area contributed by atoms with Crippen LogP contribution in [0.2, 0.25) is 0 Å². The van der Waals surface area contributed by atoms with E-state index >= 15 is 0 Å². The zero-order chi connectivity index (χ0) is 17.1. The van der Waals surface area contributed by atoms with Gasteiger partial charge in [0.2, 0.25) is 5.91 Å². The van der Waals surface area contributed by atoms with Crippen LogP contribution in [0.25, 0.3) is 5.69 Å². The predicted octanol–water partition coefficient (Wildman–Crippen LogP) is 1.68. The van der Waals surface area contributed by atoms with Crippen molar-refractivity contribution < 1.29 is 9.18 Å². The first-order valence-electron chi connectivity index (χ1n) is 8.24. The van der Waals surface area contributed by atoms with E-state index in [0.29, 0.717) is 11.5 Å². The van der Waals surface area contributed by atoms with E-state index in [9.17, 15) is 9.18 Å². The lowest BCUT2D eigenvalue weighted by molar-refractivity contribution is -0.120. The van der Waals surface area contributed by atoms with Gasteiger partial charge in [-0.1, -0.05) is 6.07 Å². The lowest BCUT2D eigenvalue weighted by Crippen LogP contribution is -2.26. The zero-order valence-electron chi connectivity index (χ0n) is 13.7. The molecule has 0 atom stereocenters. The first kappa shape index (κ1) is 16.6. The Hall–Kier alpha value is -2.28. The summed E-state index contributed by atoms with van der Waals surface area (Å²) in [5, 5.41) is 7.02. The summed E-state index contributed by atoms with van der Waals surface area (Å²) in [4.78, 5) is 16.2. The number of carbonyl (C=O) groups excluding carboxylic acids is 1. The van der Waals surface area contributed by atoms with Crippen molar-refractivity contribution in [2.75, 3.05) is 7.05 Å². The number of nitrogens with two attached hydrogens (primary N) is 1. The van der Waals surface area contributed by atoms with Gasteiger partial charge < -0.3 is 11.1 Å². The molecule has 0 unspecified atom stereocenters. The van der Waals surface area contributed by atoms with Crippen LogP contribution in [0, 0.1) is 5.82 Å². The molecule has 24 heavy (non-hydrogen) atoms. The molecule has 1 aliphatic rings. The van der Waals surface area contributed by atoms with Crippen LogP contribution in [-0.2, 0) is 11.2 Å². The van der Waals surface area contributed by atoms with Gasteiger partial charge in [-0.2, -0.15) is 5.10 Å². The predicted molar refractivity (Wildman–Crippen MR) is 88.3 cm³/mol. The van der Waals surface area contributed by atoms with Gasteiger partial charge in [0.25, 0.3) is 0 Å². The molecule has 7 heteroatoms. The summed E-state index contributed by atoms with van der Waals surface area (Å²) in [6, 6.07) is 6.49. The van der Waals surface area contributed by atoms with E-state index in [0.717, 1.165) is 31.5 Å². The summed E-state index contributed by atoms with van der Waals surface area (Å²) in [6.07, 6.45) is 3.83. The van der Waals surface area contributed by atoms with Crippen LogP contribution in [0.3, 0.4) is 0 Å². The number of rotatable bonds is 4. The van der Waals surface area contributed by atoms with Crippen molar-refractivity contribution in [2.45, 2.75) is 44.1 Å². The Morgan fingerprint density at radius 1 is 1.38 bits per heavy atom. The third kappa shape index (κ3) is 3.62. The van der Waals surface area contributed by atoms with Crippen molar-refractivity contribution in [3.8, 4) is 5.69 Å². The number of nitrogens with one attached hydrogen (secondary N) is 1. The molecule has 3 rings (SSSR count). The van der Waals surface area contributed by atoms with Gasteiger partial charge in [-0.05, 0) is 43.9 Å². The van der Waals surface area contributed by atoms with Gasteiger partial charge in [-0.15, -0.1) is 0 Å². The Morgan fingerprint density at radius 2 is 2.12 bits per heavy atom. The number of nitrogens with zero attached hydrogens (tertiary/aromatic N) is 3. The number of aromatic nitrogens is 3. The van der Waals surface area contributed by atoms with E-state index in [2.05, 4.69) is 15.4 Å². The highest BCUT2D eigenvalue weighted by Crippen LogP contribution is 2.32. The van der Waals surface area contributed by atoms with E-state index in [-0.39, 0.29) is 30.1 Å². The molecule has 0 saturated heterocycles. The van der Waals surface area contributed by atoms with Crippen LogP contribution in [0.5, 0.6) is 0 Å². The van der Waals surface area contributed by atoms with Gasteiger partial charge in [-0.3, -0.25) is 4.79 Å². The topological polar surface area (TPSA) is 85.8 Å². The average Bonchev–Trinajstić information content (AvgIpc) is 2.99. The minimum Gasteiger partial charge on any atom is -0.359 e. The molecule has 1 heterocycles. The van der Waals surface area contributed by atoms with E-state index in [1.165, 1.54) is 12.1 Å². The Labute approximate surface area is 140 Å². The fourth-order valence-corrected chi connectivity index (χ4v) is 3.11. The molecule has 1 amide bonds. The Morgan fingerprint density at radius 3 is 2.79 bits per heavy atom. The molecular formula is C17H22FN5O. The Balaban J connectivity index is 1.96. The van der Waals surface area contributed by atoms with E-state index < -0.39 is 0 Å². The fraction of sp³-hybridized carbons (Fsp3) is 0.471. The van der Waals surface area contributed by atoms with Gasteiger partial charge in [-0.25, -0.2) is 14.1 Å². The molecule has 1 aliphatic carbocycles. The average molecular weight is 331 g/mol. The molecule has 6 nitrogen and oxygen atoms in total. The van der Waals surface area contributed by atoms with Crippen LogP contribution >= 0.6 is 0 Å². The SMILES string of the molecule is CNC(=O)Cc1nc(C2CCC(N)CC2)n(-c2cccc(F)c2)n1. The minimum absolute atomic E-state index is 0.109. The first-order valence-corrected chi connectivity index (χ1v) is 8.24. The highest BCUT2D eigenvalue weighted by atomic mass is 19.1. The van der Waals surface area contributed by atoms with Crippen LogP contribution in [-0.4, -0.2) is 33.8 Å². The maximum Gasteiger partial charge on any atom is 0.227 e. The zero-order valence-corrected chi connectivity index (χ0v) is 13.7. The van der Waals surface area contributed by atoms with Crippen LogP contribution < -0.4 is 11.1 Å². The highest BCUT2D eigenvalue weighted by Gasteiger charge is 2.26. The summed E-state index contributed by atoms with van der Waals surface area (Å²) >= 11 is 0. The minimum atomic E-state index is -0.326. The molecule has 1 saturated carbocycles. The van der Waals surface area contributed by atoms with Crippen molar-refractivity contribution >= 4 is 5.91 Å². The van der Waals surface area contributed by atoms with Crippen molar-refractivity contribution in [2.24, 2.45) is 5.73 Å². The van der Waals surface area contributed by atoms with Gasteiger partial charge in [0, 0.05) is 19.0 Å². The number of benzene rings is 1. The van der Waals surface area contributed by atoms with E-state index in [1.807, 2.05) is 0 Å². The molecule has 3 N–H and O–H groups in total. The molecule has 0 radical (unpaired) electrons. The van der Waals surface area contributed by atoms with Crippen molar-refractivity contribution in [1.29, 1.82) is 0 Å². The molecule has 1 aromatic heterocycles. The van der Waals surface area contributed by atoms with Gasteiger partial charge in [0.05, 0.1) is 12.1 Å².